The summed E-state index contributed by atoms with van der Waals surface area (Å²) in [4.78, 5) is 17.1. The van der Waals surface area contributed by atoms with Crippen molar-refractivity contribution in [2.75, 3.05) is 13.1 Å². The Morgan fingerprint density at radius 2 is 1.85 bits per heavy atom. The van der Waals surface area contributed by atoms with Crippen LogP contribution in [0, 0.1) is 0 Å². The highest BCUT2D eigenvalue weighted by Crippen LogP contribution is 2.25. The molecule has 0 aliphatic carbocycles. The number of carbonyl (C=O) groups is 1. The molecule has 1 saturated heterocycles. The van der Waals surface area contributed by atoms with Crippen molar-refractivity contribution in [2.45, 2.75) is 43.5 Å². The smallest absolute Gasteiger partial charge is 0.255 e. The van der Waals surface area contributed by atoms with Crippen LogP contribution in [0.2, 0.25) is 0 Å². The minimum absolute atomic E-state index is 0.0307. The second kappa shape index (κ2) is 9.84. The van der Waals surface area contributed by atoms with Gasteiger partial charge in [-0.2, -0.15) is 9.40 Å². The van der Waals surface area contributed by atoms with Crippen molar-refractivity contribution >= 4 is 15.9 Å². The topological polar surface area (TPSA) is 97.2 Å². The normalized spacial score (nSPS) is 17.1. The maximum absolute atomic E-state index is 13.0. The van der Waals surface area contributed by atoms with Gasteiger partial charge in [0, 0.05) is 50.3 Å². The van der Waals surface area contributed by atoms with Crippen molar-refractivity contribution < 1.29 is 13.2 Å². The number of nitrogens with one attached hydrogen (secondary N) is 1. The van der Waals surface area contributed by atoms with E-state index >= 15 is 0 Å². The number of aromatic nitrogens is 3. The summed E-state index contributed by atoms with van der Waals surface area (Å²) >= 11 is 0. The molecule has 9 heteroatoms. The van der Waals surface area contributed by atoms with E-state index < -0.39 is 10.0 Å². The Kier molecular flexibility index (Phi) is 6.90. The molecule has 1 N–H and O–H groups in total. The van der Waals surface area contributed by atoms with Crippen molar-refractivity contribution in [3.8, 4) is 11.3 Å². The van der Waals surface area contributed by atoms with Gasteiger partial charge in [-0.3, -0.25) is 14.5 Å². The molecule has 2 aromatic heterocycles. The molecule has 0 radical (unpaired) electrons. The molecular weight excluding hydrogens is 438 g/mol. The maximum Gasteiger partial charge on any atom is 0.255 e. The fourth-order valence-corrected chi connectivity index (χ4v) is 5.89. The van der Waals surface area contributed by atoms with Crippen LogP contribution < -0.4 is 5.32 Å². The summed E-state index contributed by atoms with van der Waals surface area (Å²) in [5, 5.41) is 7.35. The highest BCUT2D eigenvalue weighted by atomic mass is 32.2. The Morgan fingerprint density at radius 1 is 1.12 bits per heavy atom. The molecule has 8 nitrogen and oxygen atoms in total. The van der Waals surface area contributed by atoms with E-state index in [0.29, 0.717) is 35.7 Å². The predicted octanol–water partition coefficient (Wildman–Crippen LogP) is 3.02. The van der Waals surface area contributed by atoms with E-state index in [1.54, 1.807) is 46.8 Å². The van der Waals surface area contributed by atoms with Gasteiger partial charge in [0.25, 0.3) is 5.91 Å². The maximum atomic E-state index is 13.0. The van der Waals surface area contributed by atoms with Crippen LogP contribution in [0.3, 0.4) is 0 Å². The lowest BCUT2D eigenvalue weighted by molar-refractivity contribution is 0.0954. The van der Waals surface area contributed by atoms with Crippen LogP contribution in [0.1, 0.15) is 42.1 Å². The Balaban J connectivity index is 1.38. The Hall–Kier alpha value is -3.04. The van der Waals surface area contributed by atoms with Gasteiger partial charge in [-0.1, -0.05) is 18.6 Å². The van der Waals surface area contributed by atoms with Crippen molar-refractivity contribution in [1.29, 1.82) is 0 Å². The summed E-state index contributed by atoms with van der Waals surface area (Å²) in [5.41, 5.74) is 2.90. The average molecular weight is 468 g/mol. The zero-order valence-corrected chi connectivity index (χ0v) is 19.8. The number of aryl methyl sites for hydroxylation is 1. The third-order valence-corrected chi connectivity index (χ3v) is 8.03. The van der Waals surface area contributed by atoms with Gasteiger partial charge in [0.2, 0.25) is 10.0 Å². The van der Waals surface area contributed by atoms with E-state index in [-0.39, 0.29) is 11.9 Å². The molecule has 1 aliphatic rings. The minimum atomic E-state index is -3.48. The Bertz CT molecular complexity index is 1210. The van der Waals surface area contributed by atoms with Crippen LogP contribution in [-0.2, 0) is 23.5 Å². The number of sulfonamides is 1. The zero-order chi connectivity index (χ0) is 23.4. The van der Waals surface area contributed by atoms with Crippen LogP contribution in [0.15, 0.2) is 59.9 Å². The summed E-state index contributed by atoms with van der Waals surface area (Å²) in [6.45, 7) is 2.97. The van der Waals surface area contributed by atoms with Gasteiger partial charge >= 0.3 is 0 Å². The van der Waals surface area contributed by atoms with Gasteiger partial charge in [-0.25, -0.2) is 8.42 Å². The van der Waals surface area contributed by atoms with E-state index in [4.69, 9.17) is 0 Å². The summed E-state index contributed by atoms with van der Waals surface area (Å²) in [6.07, 6.45) is 8.51. The van der Waals surface area contributed by atoms with E-state index in [1.165, 1.54) is 0 Å². The SMILES string of the molecule is CC1CCCCN1S(=O)(=O)c1ccc(CCNC(=O)c2cn(C)nc2-c2ccncc2)cc1. The van der Waals surface area contributed by atoms with E-state index in [1.807, 2.05) is 31.2 Å². The van der Waals surface area contributed by atoms with Crippen molar-refractivity contribution in [1.82, 2.24) is 24.4 Å². The van der Waals surface area contributed by atoms with Gasteiger partial charge in [-0.05, 0) is 56.0 Å². The first kappa shape index (κ1) is 23.1. The van der Waals surface area contributed by atoms with E-state index in [2.05, 4.69) is 15.4 Å². The van der Waals surface area contributed by atoms with Crippen LogP contribution in [0.25, 0.3) is 11.3 Å². The van der Waals surface area contributed by atoms with E-state index in [0.717, 1.165) is 30.4 Å². The Morgan fingerprint density at radius 3 is 2.55 bits per heavy atom. The monoisotopic (exact) mass is 467 g/mol. The first-order valence-electron chi connectivity index (χ1n) is 11.2. The lowest BCUT2D eigenvalue weighted by Gasteiger charge is -2.32. The van der Waals surface area contributed by atoms with Gasteiger partial charge < -0.3 is 5.32 Å². The standard InChI is InChI=1S/C24H29N5O3S/c1-18-5-3-4-16-29(18)33(31,32)21-8-6-19(7-9-21)10-15-26-24(30)22-17-28(2)27-23(22)20-11-13-25-14-12-20/h6-9,11-14,17-18H,3-5,10,15-16H2,1-2H3,(H,26,30). The van der Waals surface area contributed by atoms with Gasteiger partial charge in [0.05, 0.1) is 10.5 Å². The summed E-state index contributed by atoms with van der Waals surface area (Å²) in [6, 6.07) is 10.6. The highest BCUT2D eigenvalue weighted by molar-refractivity contribution is 7.89. The summed E-state index contributed by atoms with van der Waals surface area (Å²) in [7, 11) is -1.70. The summed E-state index contributed by atoms with van der Waals surface area (Å²) < 4.78 is 29.2. The lowest BCUT2D eigenvalue weighted by Crippen LogP contribution is -2.41. The van der Waals surface area contributed by atoms with E-state index in [9.17, 15) is 13.2 Å². The van der Waals surface area contributed by atoms with Crippen LogP contribution >= 0.6 is 0 Å². The molecule has 1 unspecified atom stereocenters. The third kappa shape index (κ3) is 5.15. The molecule has 1 fully saturated rings. The lowest BCUT2D eigenvalue weighted by atomic mass is 10.1. The number of hydrogen-bond donors (Lipinski definition) is 1. The first-order valence-corrected chi connectivity index (χ1v) is 12.6. The molecular formula is C24H29N5O3S. The minimum Gasteiger partial charge on any atom is -0.352 e. The van der Waals surface area contributed by atoms with Gasteiger partial charge in [0.15, 0.2) is 0 Å². The number of benzene rings is 1. The van der Waals surface area contributed by atoms with Crippen molar-refractivity contribution in [3.05, 3.63) is 66.1 Å². The van der Waals surface area contributed by atoms with Crippen LogP contribution in [0.4, 0.5) is 0 Å². The second-order valence-corrected chi connectivity index (χ2v) is 10.3. The zero-order valence-electron chi connectivity index (χ0n) is 18.9. The molecule has 33 heavy (non-hydrogen) atoms. The molecule has 0 spiro atoms. The fourth-order valence-electron chi connectivity index (χ4n) is 4.19. The largest absolute Gasteiger partial charge is 0.352 e. The van der Waals surface area contributed by atoms with Crippen LogP contribution in [0.5, 0.6) is 0 Å². The summed E-state index contributed by atoms with van der Waals surface area (Å²) in [5.74, 6) is -0.201. The van der Waals surface area contributed by atoms with Gasteiger partial charge in [-0.15, -0.1) is 0 Å². The Labute approximate surface area is 194 Å². The van der Waals surface area contributed by atoms with Gasteiger partial charge in [0.1, 0.15) is 5.69 Å². The second-order valence-electron chi connectivity index (χ2n) is 8.41. The first-order chi connectivity index (χ1) is 15.9. The third-order valence-electron chi connectivity index (χ3n) is 6.00. The number of pyridine rings is 1. The van der Waals surface area contributed by atoms with Crippen molar-refractivity contribution in [3.63, 3.8) is 0 Å². The number of carbonyl (C=O) groups excluding carboxylic acids is 1. The molecule has 174 valence electrons. The number of hydrogen-bond acceptors (Lipinski definition) is 5. The number of piperidine rings is 1. The molecule has 1 aliphatic heterocycles. The quantitative estimate of drug-likeness (QED) is 0.576. The molecule has 1 aromatic carbocycles. The molecule has 0 saturated carbocycles. The number of nitrogens with zero attached hydrogens (tertiary/aromatic N) is 4. The number of amides is 1. The molecule has 1 amide bonds. The average Bonchev–Trinajstić information content (AvgIpc) is 3.22. The van der Waals surface area contributed by atoms with Crippen LogP contribution in [-0.4, -0.2) is 52.5 Å². The van der Waals surface area contributed by atoms with Crippen molar-refractivity contribution in [2.24, 2.45) is 7.05 Å². The molecule has 1 atom stereocenters. The molecule has 0 bridgehead atoms. The molecule has 4 rings (SSSR count). The molecule has 3 aromatic rings. The predicted molar refractivity (Wildman–Crippen MR) is 126 cm³/mol. The fraction of sp³-hybridized carbons (Fsp3) is 0.375. The molecule has 3 heterocycles. The highest BCUT2D eigenvalue weighted by Gasteiger charge is 2.30. The number of rotatable bonds is 7.